The number of anilines is 1. The lowest BCUT2D eigenvalue weighted by Gasteiger charge is -2.11. The first-order valence-corrected chi connectivity index (χ1v) is 6.50. The molecule has 3 amide bonds. The summed E-state index contributed by atoms with van der Waals surface area (Å²) in [5, 5.41) is 8.21. The molecule has 0 aliphatic carbocycles. The average molecular weight is 275 g/mol. The van der Waals surface area contributed by atoms with Crippen LogP contribution in [0.5, 0.6) is 0 Å². The van der Waals surface area contributed by atoms with Gasteiger partial charge < -0.3 is 16.0 Å². The summed E-state index contributed by atoms with van der Waals surface area (Å²) in [5.74, 6) is -0.316. The number of nitrogens with one attached hydrogen (secondary N) is 3. The molecule has 3 N–H and O–H groups in total. The van der Waals surface area contributed by atoms with Crippen LogP contribution in [0.3, 0.4) is 0 Å². The van der Waals surface area contributed by atoms with Crippen molar-refractivity contribution in [3.05, 3.63) is 29.8 Å². The standard InChI is InChI=1S/C14H17N3O3/c1-9(18)16-11-4-2-10(3-5-11)14(20)15-8-12-6-7-13(19)17-12/h2-5,12H,6-8H2,1H3,(H,15,20)(H,16,18)(H,17,19). The summed E-state index contributed by atoms with van der Waals surface area (Å²) in [6.45, 7) is 1.86. The highest BCUT2D eigenvalue weighted by molar-refractivity contribution is 5.95. The molecule has 0 bridgehead atoms. The Morgan fingerprint density at radius 2 is 2.00 bits per heavy atom. The van der Waals surface area contributed by atoms with Crippen molar-refractivity contribution in [2.24, 2.45) is 0 Å². The lowest BCUT2D eigenvalue weighted by atomic mass is 10.1. The highest BCUT2D eigenvalue weighted by Crippen LogP contribution is 2.10. The van der Waals surface area contributed by atoms with Gasteiger partial charge in [0, 0.05) is 37.2 Å². The van der Waals surface area contributed by atoms with E-state index in [0.717, 1.165) is 6.42 Å². The Balaban J connectivity index is 1.85. The van der Waals surface area contributed by atoms with Gasteiger partial charge in [0.15, 0.2) is 0 Å². The van der Waals surface area contributed by atoms with E-state index in [4.69, 9.17) is 0 Å². The molecule has 2 rings (SSSR count). The molecule has 1 heterocycles. The maximum Gasteiger partial charge on any atom is 0.251 e. The Hall–Kier alpha value is -2.37. The Morgan fingerprint density at radius 1 is 1.30 bits per heavy atom. The summed E-state index contributed by atoms with van der Waals surface area (Å²) < 4.78 is 0. The first-order valence-electron chi connectivity index (χ1n) is 6.50. The van der Waals surface area contributed by atoms with Gasteiger partial charge in [-0.05, 0) is 30.7 Å². The van der Waals surface area contributed by atoms with Gasteiger partial charge in [-0.3, -0.25) is 14.4 Å². The van der Waals surface area contributed by atoms with Crippen molar-refractivity contribution in [1.29, 1.82) is 0 Å². The molecule has 6 nitrogen and oxygen atoms in total. The molecular weight excluding hydrogens is 258 g/mol. The van der Waals surface area contributed by atoms with Gasteiger partial charge >= 0.3 is 0 Å². The summed E-state index contributed by atoms with van der Waals surface area (Å²) in [5.41, 5.74) is 1.17. The molecule has 6 heteroatoms. The summed E-state index contributed by atoms with van der Waals surface area (Å²) in [6, 6.07) is 6.66. The first kappa shape index (κ1) is 14.0. The minimum absolute atomic E-state index is 0.0186. The third-order valence-electron chi connectivity index (χ3n) is 3.06. The Labute approximate surface area is 116 Å². The SMILES string of the molecule is CC(=O)Nc1ccc(C(=O)NCC2CCC(=O)N2)cc1. The fourth-order valence-electron chi connectivity index (χ4n) is 2.06. The average Bonchev–Trinajstić information content (AvgIpc) is 2.82. The van der Waals surface area contributed by atoms with Crippen LogP contribution in [0.1, 0.15) is 30.1 Å². The zero-order valence-electron chi connectivity index (χ0n) is 11.2. The van der Waals surface area contributed by atoms with Gasteiger partial charge in [0.1, 0.15) is 0 Å². The maximum atomic E-state index is 11.9. The number of rotatable bonds is 4. The minimum atomic E-state index is -0.194. The predicted molar refractivity (Wildman–Crippen MR) is 74.2 cm³/mol. The Bertz CT molecular complexity index is 525. The quantitative estimate of drug-likeness (QED) is 0.754. The molecule has 1 saturated heterocycles. The second-order valence-corrected chi connectivity index (χ2v) is 4.77. The van der Waals surface area contributed by atoms with E-state index >= 15 is 0 Å². The van der Waals surface area contributed by atoms with Crippen molar-refractivity contribution in [2.75, 3.05) is 11.9 Å². The van der Waals surface area contributed by atoms with E-state index in [0.29, 0.717) is 24.2 Å². The molecule has 1 aliphatic heterocycles. The summed E-state index contributed by atoms with van der Waals surface area (Å²) in [7, 11) is 0. The van der Waals surface area contributed by atoms with Crippen LogP contribution < -0.4 is 16.0 Å². The smallest absolute Gasteiger partial charge is 0.251 e. The van der Waals surface area contributed by atoms with Crippen LogP contribution in [0.15, 0.2) is 24.3 Å². The van der Waals surface area contributed by atoms with Crippen LogP contribution in [0.2, 0.25) is 0 Å². The number of carbonyl (C=O) groups excluding carboxylic acids is 3. The fraction of sp³-hybridized carbons (Fsp3) is 0.357. The third kappa shape index (κ3) is 3.81. The molecule has 20 heavy (non-hydrogen) atoms. The van der Waals surface area contributed by atoms with Gasteiger partial charge in [-0.1, -0.05) is 0 Å². The van der Waals surface area contributed by atoms with E-state index < -0.39 is 0 Å². The van der Waals surface area contributed by atoms with Crippen LogP contribution in [0.25, 0.3) is 0 Å². The van der Waals surface area contributed by atoms with Crippen LogP contribution in [0, 0.1) is 0 Å². The molecule has 1 unspecified atom stereocenters. The maximum absolute atomic E-state index is 11.9. The second-order valence-electron chi connectivity index (χ2n) is 4.77. The number of benzene rings is 1. The van der Waals surface area contributed by atoms with Gasteiger partial charge in [-0.25, -0.2) is 0 Å². The molecule has 1 aliphatic rings. The van der Waals surface area contributed by atoms with Gasteiger partial charge in [-0.2, -0.15) is 0 Å². The minimum Gasteiger partial charge on any atom is -0.352 e. The normalized spacial score (nSPS) is 17.4. The summed E-state index contributed by atoms with van der Waals surface area (Å²) in [6.07, 6.45) is 1.27. The zero-order valence-corrected chi connectivity index (χ0v) is 11.2. The van der Waals surface area contributed by atoms with E-state index in [1.165, 1.54) is 6.92 Å². The number of hydrogen-bond donors (Lipinski definition) is 3. The van der Waals surface area contributed by atoms with Gasteiger partial charge in [0.05, 0.1) is 0 Å². The van der Waals surface area contributed by atoms with Crippen molar-refractivity contribution in [3.63, 3.8) is 0 Å². The molecule has 1 fully saturated rings. The topological polar surface area (TPSA) is 87.3 Å². The lowest BCUT2D eigenvalue weighted by Crippen LogP contribution is -2.38. The van der Waals surface area contributed by atoms with E-state index in [-0.39, 0.29) is 23.8 Å². The fourth-order valence-corrected chi connectivity index (χ4v) is 2.06. The Kier molecular flexibility index (Phi) is 4.34. The Morgan fingerprint density at radius 3 is 2.55 bits per heavy atom. The molecule has 0 spiro atoms. The highest BCUT2D eigenvalue weighted by atomic mass is 16.2. The summed E-state index contributed by atoms with van der Waals surface area (Å²) >= 11 is 0. The van der Waals surface area contributed by atoms with Gasteiger partial charge in [0.2, 0.25) is 11.8 Å². The van der Waals surface area contributed by atoms with E-state index in [1.807, 2.05) is 0 Å². The number of hydrogen-bond acceptors (Lipinski definition) is 3. The van der Waals surface area contributed by atoms with Gasteiger partial charge in [-0.15, -0.1) is 0 Å². The summed E-state index contributed by atoms with van der Waals surface area (Å²) in [4.78, 5) is 33.8. The van der Waals surface area contributed by atoms with Crippen LogP contribution in [-0.2, 0) is 9.59 Å². The predicted octanol–water partition coefficient (Wildman–Crippen LogP) is 0.653. The lowest BCUT2D eigenvalue weighted by molar-refractivity contribution is -0.119. The molecule has 1 atom stereocenters. The third-order valence-corrected chi connectivity index (χ3v) is 3.06. The second kappa shape index (κ2) is 6.18. The highest BCUT2D eigenvalue weighted by Gasteiger charge is 2.21. The van der Waals surface area contributed by atoms with Gasteiger partial charge in [0.25, 0.3) is 5.91 Å². The molecule has 0 radical (unpaired) electrons. The van der Waals surface area contributed by atoms with Crippen molar-refractivity contribution in [1.82, 2.24) is 10.6 Å². The van der Waals surface area contributed by atoms with E-state index in [1.54, 1.807) is 24.3 Å². The number of amides is 3. The molecule has 1 aromatic carbocycles. The molecule has 0 aromatic heterocycles. The van der Waals surface area contributed by atoms with Crippen LogP contribution in [-0.4, -0.2) is 30.3 Å². The van der Waals surface area contributed by atoms with E-state index in [2.05, 4.69) is 16.0 Å². The first-order chi connectivity index (χ1) is 9.54. The largest absolute Gasteiger partial charge is 0.352 e. The zero-order chi connectivity index (χ0) is 14.5. The van der Waals surface area contributed by atoms with Crippen molar-refractivity contribution < 1.29 is 14.4 Å². The van der Waals surface area contributed by atoms with Crippen LogP contribution in [0.4, 0.5) is 5.69 Å². The molecule has 1 aromatic rings. The van der Waals surface area contributed by atoms with E-state index in [9.17, 15) is 14.4 Å². The van der Waals surface area contributed by atoms with Crippen LogP contribution >= 0.6 is 0 Å². The van der Waals surface area contributed by atoms with Crippen molar-refractivity contribution in [3.8, 4) is 0 Å². The molecule has 106 valence electrons. The number of carbonyl (C=O) groups is 3. The molecule has 0 saturated carbocycles. The molecular formula is C14H17N3O3. The monoisotopic (exact) mass is 275 g/mol. The van der Waals surface area contributed by atoms with Crippen molar-refractivity contribution >= 4 is 23.4 Å². The van der Waals surface area contributed by atoms with Crippen molar-refractivity contribution in [2.45, 2.75) is 25.8 Å².